The molecule has 1 aliphatic heterocycles. The Labute approximate surface area is 199 Å². The molecular formula is C29H27NO4. The molecule has 0 bridgehead atoms. The SMILES string of the molecule is N#Cc1ccc(-c2ccc(OC(=O)c3ccc(C4CCC(OCC5CO5)CC4)cc3)cc2)cc1. The molecule has 1 aliphatic carbocycles. The Hall–Kier alpha value is -3.46. The molecule has 34 heavy (non-hydrogen) atoms. The fourth-order valence-corrected chi connectivity index (χ4v) is 4.48. The second-order valence-electron chi connectivity index (χ2n) is 8.99. The van der Waals surface area contributed by atoms with Gasteiger partial charge in [0.25, 0.3) is 0 Å². The highest BCUT2D eigenvalue weighted by molar-refractivity contribution is 5.91. The maximum Gasteiger partial charge on any atom is 0.343 e. The zero-order valence-electron chi connectivity index (χ0n) is 19.0. The number of nitriles is 1. The van der Waals surface area contributed by atoms with Crippen LogP contribution < -0.4 is 4.74 Å². The van der Waals surface area contributed by atoms with Gasteiger partial charge in [-0.3, -0.25) is 0 Å². The fourth-order valence-electron chi connectivity index (χ4n) is 4.48. The summed E-state index contributed by atoms with van der Waals surface area (Å²) in [4.78, 5) is 12.6. The van der Waals surface area contributed by atoms with Gasteiger partial charge in [0, 0.05) is 0 Å². The molecule has 5 heteroatoms. The average Bonchev–Trinajstić information content (AvgIpc) is 3.73. The quantitative estimate of drug-likeness (QED) is 0.254. The Balaban J connectivity index is 1.14. The summed E-state index contributed by atoms with van der Waals surface area (Å²) in [6.45, 7) is 1.57. The monoisotopic (exact) mass is 453 g/mol. The summed E-state index contributed by atoms with van der Waals surface area (Å²) in [5, 5.41) is 8.93. The smallest absolute Gasteiger partial charge is 0.343 e. The minimum absolute atomic E-state index is 0.325. The Kier molecular flexibility index (Phi) is 6.71. The van der Waals surface area contributed by atoms with E-state index in [9.17, 15) is 4.79 Å². The molecule has 3 aromatic carbocycles. The number of rotatable bonds is 7. The first-order valence-corrected chi connectivity index (χ1v) is 11.8. The van der Waals surface area contributed by atoms with E-state index in [-0.39, 0.29) is 5.97 Å². The van der Waals surface area contributed by atoms with Crippen LogP contribution in [0.4, 0.5) is 0 Å². The van der Waals surface area contributed by atoms with Gasteiger partial charge in [0.1, 0.15) is 11.9 Å². The van der Waals surface area contributed by atoms with Gasteiger partial charge >= 0.3 is 5.97 Å². The highest BCUT2D eigenvalue weighted by Crippen LogP contribution is 2.34. The molecule has 2 aliphatic rings. The van der Waals surface area contributed by atoms with Gasteiger partial charge in [-0.2, -0.15) is 5.26 Å². The zero-order chi connectivity index (χ0) is 23.3. The van der Waals surface area contributed by atoms with Crippen LogP contribution in [0.2, 0.25) is 0 Å². The molecule has 172 valence electrons. The maximum absolute atomic E-state index is 12.6. The van der Waals surface area contributed by atoms with Crippen molar-refractivity contribution in [2.45, 2.75) is 43.8 Å². The number of carbonyl (C=O) groups excluding carboxylic acids is 1. The third-order valence-corrected chi connectivity index (χ3v) is 6.62. The van der Waals surface area contributed by atoms with E-state index in [1.807, 2.05) is 36.4 Å². The first kappa shape index (κ1) is 22.3. The average molecular weight is 454 g/mol. The topological polar surface area (TPSA) is 71.8 Å². The van der Waals surface area contributed by atoms with E-state index >= 15 is 0 Å². The first-order chi connectivity index (χ1) is 16.7. The Bertz CT molecular complexity index is 1150. The lowest BCUT2D eigenvalue weighted by Crippen LogP contribution is -2.22. The molecule has 5 nitrogen and oxygen atoms in total. The third-order valence-electron chi connectivity index (χ3n) is 6.62. The fraction of sp³-hybridized carbons (Fsp3) is 0.310. The molecule has 2 fully saturated rings. The molecule has 0 radical (unpaired) electrons. The highest BCUT2D eigenvalue weighted by Gasteiger charge is 2.27. The van der Waals surface area contributed by atoms with E-state index in [1.54, 1.807) is 24.3 Å². The highest BCUT2D eigenvalue weighted by atomic mass is 16.6. The van der Waals surface area contributed by atoms with Crippen LogP contribution in [0.25, 0.3) is 11.1 Å². The lowest BCUT2D eigenvalue weighted by Gasteiger charge is -2.28. The minimum atomic E-state index is -0.364. The van der Waals surface area contributed by atoms with Crippen LogP contribution in [0, 0.1) is 11.3 Å². The second kappa shape index (κ2) is 10.2. The first-order valence-electron chi connectivity index (χ1n) is 11.8. The molecular weight excluding hydrogens is 426 g/mol. The van der Waals surface area contributed by atoms with Crippen molar-refractivity contribution in [3.05, 3.63) is 89.5 Å². The predicted molar refractivity (Wildman–Crippen MR) is 129 cm³/mol. The van der Waals surface area contributed by atoms with Gasteiger partial charge in [0.15, 0.2) is 0 Å². The van der Waals surface area contributed by atoms with Crippen molar-refractivity contribution in [2.75, 3.05) is 13.2 Å². The molecule has 0 aromatic heterocycles. The number of ether oxygens (including phenoxy) is 3. The molecule has 0 spiro atoms. The number of hydrogen-bond acceptors (Lipinski definition) is 5. The summed E-state index contributed by atoms with van der Waals surface area (Å²) in [7, 11) is 0. The largest absolute Gasteiger partial charge is 0.423 e. The van der Waals surface area contributed by atoms with Gasteiger partial charge in [-0.25, -0.2) is 4.79 Å². The van der Waals surface area contributed by atoms with Crippen LogP contribution in [-0.4, -0.2) is 31.4 Å². The van der Waals surface area contributed by atoms with Crippen molar-refractivity contribution in [3.63, 3.8) is 0 Å². The molecule has 1 saturated heterocycles. The number of nitrogens with zero attached hydrogens (tertiary/aromatic N) is 1. The number of esters is 1. The molecule has 1 atom stereocenters. The zero-order valence-corrected chi connectivity index (χ0v) is 19.0. The van der Waals surface area contributed by atoms with Crippen molar-refractivity contribution in [2.24, 2.45) is 0 Å². The summed E-state index contributed by atoms with van der Waals surface area (Å²) >= 11 is 0. The molecule has 0 amide bonds. The number of hydrogen-bond donors (Lipinski definition) is 0. The van der Waals surface area contributed by atoms with Crippen molar-refractivity contribution < 1.29 is 19.0 Å². The lowest BCUT2D eigenvalue weighted by molar-refractivity contribution is 0.0165. The Morgan fingerprint density at radius 3 is 2.09 bits per heavy atom. The summed E-state index contributed by atoms with van der Waals surface area (Å²) in [6.07, 6.45) is 5.01. The lowest BCUT2D eigenvalue weighted by atomic mass is 9.82. The minimum Gasteiger partial charge on any atom is -0.423 e. The van der Waals surface area contributed by atoms with Crippen LogP contribution in [0.5, 0.6) is 5.75 Å². The third kappa shape index (κ3) is 5.53. The number of carbonyl (C=O) groups is 1. The summed E-state index contributed by atoms with van der Waals surface area (Å²) in [5.41, 5.74) is 4.44. The van der Waals surface area contributed by atoms with Gasteiger partial charge < -0.3 is 14.2 Å². The maximum atomic E-state index is 12.6. The van der Waals surface area contributed by atoms with E-state index < -0.39 is 0 Å². The van der Waals surface area contributed by atoms with E-state index in [4.69, 9.17) is 19.5 Å². The number of benzene rings is 3. The van der Waals surface area contributed by atoms with E-state index in [1.165, 1.54) is 5.56 Å². The normalized spacial score (nSPS) is 21.4. The predicted octanol–water partition coefficient (Wildman–Crippen LogP) is 5.89. The van der Waals surface area contributed by atoms with E-state index in [0.29, 0.717) is 35.0 Å². The van der Waals surface area contributed by atoms with Gasteiger partial charge in [-0.15, -0.1) is 0 Å². The summed E-state index contributed by atoms with van der Waals surface area (Å²) in [6, 6.07) is 24.7. The second-order valence-corrected chi connectivity index (χ2v) is 8.99. The van der Waals surface area contributed by atoms with Crippen molar-refractivity contribution >= 4 is 5.97 Å². The van der Waals surface area contributed by atoms with Crippen LogP contribution >= 0.6 is 0 Å². The van der Waals surface area contributed by atoms with E-state index in [2.05, 4.69) is 18.2 Å². The van der Waals surface area contributed by atoms with Gasteiger partial charge in [0.05, 0.1) is 36.5 Å². The van der Waals surface area contributed by atoms with Gasteiger partial charge in [0.2, 0.25) is 0 Å². The Morgan fingerprint density at radius 2 is 1.50 bits per heavy atom. The molecule has 1 unspecified atom stereocenters. The summed E-state index contributed by atoms with van der Waals surface area (Å²) in [5.74, 6) is 0.648. The van der Waals surface area contributed by atoms with Crippen molar-refractivity contribution in [1.29, 1.82) is 5.26 Å². The van der Waals surface area contributed by atoms with Gasteiger partial charge in [-0.1, -0.05) is 36.4 Å². The van der Waals surface area contributed by atoms with Crippen LogP contribution in [0.15, 0.2) is 72.8 Å². The number of epoxide rings is 1. The molecule has 3 aromatic rings. The molecule has 0 N–H and O–H groups in total. The summed E-state index contributed by atoms with van der Waals surface area (Å²) < 4.78 is 16.7. The van der Waals surface area contributed by atoms with Crippen LogP contribution in [0.3, 0.4) is 0 Å². The van der Waals surface area contributed by atoms with Crippen molar-refractivity contribution in [1.82, 2.24) is 0 Å². The molecule has 1 saturated carbocycles. The molecule has 1 heterocycles. The van der Waals surface area contributed by atoms with Crippen LogP contribution in [0.1, 0.15) is 53.1 Å². The van der Waals surface area contributed by atoms with Crippen LogP contribution in [-0.2, 0) is 9.47 Å². The Morgan fingerprint density at radius 1 is 0.882 bits per heavy atom. The standard InChI is InChI=1S/C29H27NO4/c30-17-20-1-3-21(4-2-20)24-11-15-27(16-12-24)34-29(31)25-7-5-22(6-8-25)23-9-13-26(14-10-23)32-18-28-19-33-28/h1-8,11-12,15-16,23,26,28H,9-10,13-14,18-19H2. The molecule has 5 rings (SSSR count). The van der Waals surface area contributed by atoms with Crippen molar-refractivity contribution in [3.8, 4) is 22.9 Å². The van der Waals surface area contributed by atoms with E-state index in [0.717, 1.165) is 50.0 Å². The van der Waals surface area contributed by atoms with Gasteiger partial charge in [-0.05, 0) is 84.7 Å².